The fraction of sp³-hybridized carbons (Fsp3) is 0.812. The standard InChI is InChI=1S/C32H50O4/c1-21(2)22-10-11-24-23(30(22,5)14-13-26(33)35-8)12-15-32(7)25-20-29(4,27(34)36-9)17-16-28(25,3)18-19-31(24,32)6/h11,22-23,25H,1,10,12-20H2,2-9H3/t22-,23-,25+,28+,29+,30-,31+,32-/m0/s1. The number of hydrogen-bond acceptors (Lipinski definition) is 4. The summed E-state index contributed by atoms with van der Waals surface area (Å²) >= 11 is 0. The minimum atomic E-state index is -0.391. The van der Waals surface area contributed by atoms with Crippen molar-refractivity contribution < 1.29 is 19.1 Å². The molecule has 0 heterocycles. The van der Waals surface area contributed by atoms with Crippen LogP contribution in [0.15, 0.2) is 23.8 Å². The lowest BCUT2D eigenvalue weighted by Gasteiger charge is -2.70. The minimum absolute atomic E-state index is 0.00227. The van der Waals surface area contributed by atoms with Crippen molar-refractivity contribution in [3.63, 3.8) is 0 Å². The van der Waals surface area contributed by atoms with Gasteiger partial charge < -0.3 is 9.47 Å². The van der Waals surface area contributed by atoms with Crippen LogP contribution in [0.2, 0.25) is 0 Å². The molecule has 0 amide bonds. The van der Waals surface area contributed by atoms with E-state index in [4.69, 9.17) is 9.47 Å². The van der Waals surface area contributed by atoms with Crippen LogP contribution in [0.5, 0.6) is 0 Å². The number of methoxy groups -OCH3 is 2. The number of carbonyl (C=O) groups is 2. The summed E-state index contributed by atoms with van der Waals surface area (Å²) in [6.45, 7) is 18.7. The van der Waals surface area contributed by atoms with Crippen LogP contribution in [0.4, 0.5) is 0 Å². The van der Waals surface area contributed by atoms with E-state index >= 15 is 0 Å². The van der Waals surface area contributed by atoms with Crippen LogP contribution in [-0.4, -0.2) is 26.2 Å². The van der Waals surface area contributed by atoms with E-state index in [0.29, 0.717) is 24.2 Å². The molecule has 0 bridgehead atoms. The van der Waals surface area contributed by atoms with Crippen LogP contribution in [-0.2, 0) is 19.1 Å². The summed E-state index contributed by atoms with van der Waals surface area (Å²) in [6, 6.07) is 0. The lowest BCUT2D eigenvalue weighted by molar-refractivity contribution is -0.182. The molecule has 4 rings (SSSR count). The first-order chi connectivity index (χ1) is 16.7. The molecule has 0 radical (unpaired) electrons. The van der Waals surface area contributed by atoms with E-state index < -0.39 is 5.41 Å². The van der Waals surface area contributed by atoms with Crippen LogP contribution < -0.4 is 0 Å². The molecule has 0 spiro atoms. The van der Waals surface area contributed by atoms with Gasteiger partial charge >= 0.3 is 11.9 Å². The van der Waals surface area contributed by atoms with Gasteiger partial charge in [0.1, 0.15) is 0 Å². The number of carbonyl (C=O) groups excluding carboxylic acids is 2. The highest BCUT2D eigenvalue weighted by molar-refractivity contribution is 5.76. The second kappa shape index (κ2) is 9.02. The SMILES string of the molecule is C=C(C)[C@@H]1CC=C2[C@H](CC[C@@]3(C)[C@@H]4C[C@](C)(C(=O)OC)CC[C@]4(C)CC[C@]23C)[C@@]1(C)CCC(=O)OC. The Kier molecular flexibility index (Phi) is 6.88. The Morgan fingerprint density at radius 2 is 1.67 bits per heavy atom. The van der Waals surface area contributed by atoms with E-state index in [-0.39, 0.29) is 33.6 Å². The Balaban J connectivity index is 1.74. The zero-order valence-electron chi connectivity index (χ0n) is 24.2. The van der Waals surface area contributed by atoms with Gasteiger partial charge in [0, 0.05) is 6.42 Å². The summed E-state index contributed by atoms with van der Waals surface area (Å²) in [5, 5.41) is 0. The summed E-state index contributed by atoms with van der Waals surface area (Å²) in [5.74, 6) is 1.18. The Bertz CT molecular complexity index is 965. The van der Waals surface area contributed by atoms with Crippen molar-refractivity contribution in [1.29, 1.82) is 0 Å². The summed E-state index contributed by atoms with van der Waals surface area (Å²) in [7, 11) is 3.03. The lowest BCUT2D eigenvalue weighted by Crippen LogP contribution is -2.62. The van der Waals surface area contributed by atoms with E-state index in [1.807, 2.05) is 0 Å². The molecule has 8 atom stereocenters. The van der Waals surface area contributed by atoms with Crippen molar-refractivity contribution in [1.82, 2.24) is 0 Å². The summed E-state index contributed by atoms with van der Waals surface area (Å²) < 4.78 is 10.4. The zero-order chi connectivity index (χ0) is 26.7. The van der Waals surface area contributed by atoms with Crippen LogP contribution in [0.1, 0.15) is 106 Å². The van der Waals surface area contributed by atoms with Gasteiger partial charge in [-0.25, -0.2) is 0 Å². The summed E-state index contributed by atoms with van der Waals surface area (Å²) in [6.07, 6.45) is 12.6. The van der Waals surface area contributed by atoms with Crippen molar-refractivity contribution in [2.45, 2.75) is 106 Å². The average Bonchev–Trinajstić information content (AvgIpc) is 2.84. The average molecular weight is 499 g/mol. The molecule has 4 heteroatoms. The monoisotopic (exact) mass is 498 g/mol. The third-order valence-electron chi connectivity index (χ3n) is 12.5. The molecule has 0 unspecified atom stereocenters. The van der Waals surface area contributed by atoms with Gasteiger partial charge in [-0.15, -0.1) is 0 Å². The van der Waals surface area contributed by atoms with Gasteiger partial charge in [0.15, 0.2) is 0 Å². The molecule has 0 aromatic carbocycles. The van der Waals surface area contributed by atoms with E-state index in [0.717, 1.165) is 38.5 Å². The Hall–Kier alpha value is -1.58. The maximum Gasteiger partial charge on any atom is 0.311 e. The molecule has 0 N–H and O–H groups in total. The molecular weight excluding hydrogens is 448 g/mol. The Morgan fingerprint density at radius 3 is 2.28 bits per heavy atom. The largest absolute Gasteiger partial charge is 0.469 e. The molecule has 4 aliphatic rings. The molecule has 0 saturated heterocycles. The van der Waals surface area contributed by atoms with Crippen LogP contribution in [0, 0.1) is 44.8 Å². The Morgan fingerprint density at radius 1 is 1.00 bits per heavy atom. The van der Waals surface area contributed by atoms with E-state index in [1.54, 1.807) is 12.7 Å². The highest BCUT2D eigenvalue weighted by Gasteiger charge is 2.66. The third kappa shape index (κ3) is 3.83. The van der Waals surface area contributed by atoms with E-state index in [1.165, 1.54) is 31.9 Å². The first kappa shape index (κ1) is 27.5. The molecule has 4 aliphatic carbocycles. The number of esters is 2. The maximum atomic E-state index is 12.9. The lowest BCUT2D eigenvalue weighted by atomic mass is 9.34. The van der Waals surface area contributed by atoms with Crippen LogP contribution in [0.3, 0.4) is 0 Å². The van der Waals surface area contributed by atoms with Crippen molar-refractivity contribution in [3.8, 4) is 0 Å². The predicted octanol–water partition coefficient (Wildman–Crippen LogP) is 7.67. The van der Waals surface area contributed by atoms with Gasteiger partial charge in [-0.05, 0) is 111 Å². The molecule has 36 heavy (non-hydrogen) atoms. The minimum Gasteiger partial charge on any atom is -0.469 e. The summed E-state index contributed by atoms with van der Waals surface area (Å²) in [4.78, 5) is 25.1. The molecule has 0 aliphatic heterocycles. The number of rotatable bonds is 5. The highest BCUT2D eigenvalue weighted by atomic mass is 16.5. The van der Waals surface area contributed by atoms with Gasteiger partial charge in [-0.2, -0.15) is 0 Å². The fourth-order valence-corrected chi connectivity index (χ4v) is 9.77. The fourth-order valence-electron chi connectivity index (χ4n) is 9.77. The quantitative estimate of drug-likeness (QED) is 0.288. The zero-order valence-corrected chi connectivity index (χ0v) is 24.2. The first-order valence-corrected chi connectivity index (χ1v) is 14.2. The summed E-state index contributed by atoms with van der Waals surface area (Å²) in [5.41, 5.74) is 2.99. The van der Waals surface area contributed by atoms with Crippen molar-refractivity contribution in [2.75, 3.05) is 14.2 Å². The van der Waals surface area contributed by atoms with Gasteiger partial charge in [0.05, 0.1) is 19.6 Å². The number of hydrogen-bond donors (Lipinski definition) is 0. The first-order valence-electron chi connectivity index (χ1n) is 14.2. The number of ether oxygens (including phenoxy) is 2. The van der Waals surface area contributed by atoms with Crippen LogP contribution in [0.25, 0.3) is 0 Å². The molecule has 3 fully saturated rings. The van der Waals surface area contributed by atoms with Crippen molar-refractivity contribution in [2.24, 2.45) is 44.8 Å². The van der Waals surface area contributed by atoms with Gasteiger partial charge in [0.2, 0.25) is 0 Å². The van der Waals surface area contributed by atoms with Gasteiger partial charge in [-0.1, -0.05) is 51.5 Å². The molecule has 0 aromatic rings. The van der Waals surface area contributed by atoms with Crippen LogP contribution >= 0.6 is 0 Å². The van der Waals surface area contributed by atoms with E-state index in [2.05, 4.69) is 54.2 Å². The Labute approximate surface area is 219 Å². The molecule has 202 valence electrons. The second-order valence-corrected chi connectivity index (χ2v) is 14.2. The van der Waals surface area contributed by atoms with Crippen molar-refractivity contribution in [3.05, 3.63) is 23.8 Å². The van der Waals surface area contributed by atoms with Gasteiger partial charge in [-0.3, -0.25) is 9.59 Å². The smallest absolute Gasteiger partial charge is 0.311 e. The second-order valence-electron chi connectivity index (χ2n) is 14.2. The molecule has 4 nitrogen and oxygen atoms in total. The topological polar surface area (TPSA) is 52.6 Å². The number of allylic oxidation sites excluding steroid dienone is 3. The van der Waals surface area contributed by atoms with Gasteiger partial charge in [0.25, 0.3) is 0 Å². The highest BCUT2D eigenvalue weighted by Crippen LogP contribution is 2.74. The predicted molar refractivity (Wildman–Crippen MR) is 144 cm³/mol. The normalized spacial score (nSPS) is 45.9. The maximum absolute atomic E-state index is 12.9. The van der Waals surface area contributed by atoms with E-state index in [9.17, 15) is 9.59 Å². The molecular formula is C32H50O4. The molecule has 3 saturated carbocycles. The molecule has 0 aromatic heterocycles. The van der Waals surface area contributed by atoms with Crippen molar-refractivity contribution >= 4 is 11.9 Å². The third-order valence-corrected chi connectivity index (χ3v) is 12.5. The number of fused-ring (bicyclic) bond motifs is 5.